The quantitative estimate of drug-likeness (QED) is 0.796. The Morgan fingerprint density at radius 3 is 2.32 bits per heavy atom. The van der Waals surface area contributed by atoms with Gasteiger partial charge in [-0.05, 0) is 26.2 Å². The van der Waals surface area contributed by atoms with Gasteiger partial charge in [0.2, 0.25) is 0 Å². The van der Waals surface area contributed by atoms with Crippen LogP contribution in [0.3, 0.4) is 0 Å². The number of unbranched alkanes of at least 4 members (excludes halogenated alkanes) is 1. The van der Waals surface area contributed by atoms with Gasteiger partial charge in [-0.3, -0.25) is 4.79 Å². The predicted octanol–water partition coefficient (Wildman–Crippen LogP) is 1.15. The van der Waals surface area contributed by atoms with E-state index in [1.165, 1.54) is 8.61 Å². The van der Waals surface area contributed by atoms with Crippen molar-refractivity contribution in [3.05, 3.63) is 0 Å². The van der Waals surface area contributed by atoms with Crippen LogP contribution in [0.1, 0.15) is 39.5 Å². The van der Waals surface area contributed by atoms with Gasteiger partial charge in [-0.1, -0.05) is 13.3 Å². The summed E-state index contributed by atoms with van der Waals surface area (Å²) in [6.45, 7) is 4.76. The molecule has 0 aliphatic carbocycles. The summed E-state index contributed by atoms with van der Waals surface area (Å²) in [6.07, 6.45) is 2.50. The van der Waals surface area contributed by atoms with Gasteiger partial charge >= 0.3 is 5.97 Å². The Kier molecular flexibility index (Phi) is 5.34. The minimum atomic E-state index is -3.44. The van der Waals surface area contributed by atoms with E-state index in [4.69, 9.17) is 5.11 Å². The third-order valence-corrected chi connectivity index (χ3v) is 5.88. The first-order valence-electron chi connectivity index (χ1n) is 6.69. The monoisotopic (exact) mass is 292 g/mol. The predicted molar refractivity (Wildman–Crippen MR) is 73.0 cm³/mol. The largest absolute Gasteiger partial charge is 0.481 e. The third-order valence-electron chi connectivity index (χ3n) is 3.89. The molecule has 0 aromatic rings. The zero-order valence-corrected chi connectivity index (χ0v) is 12.7. The van der Waals surface area contributed by atoms with Crippen LogP contribution in [-0.4, -0.2) is 54.8 Å². The Labute approximate surface area is 115 Å². The van der Waals surface area contributed by atoms with E-state index in [1.54, 1.807) is 14.0 Å². The van der Waals surface area contributed by atoms with E-state index in [-0.39, 0.29) is 13.1 Å². The molecule has 0 aromatic heterocycles. The van der Waals surface area contributed by atoms with Gasteiger partial charge < -0.3 is 5.11 Å². The maximum Gasteiger partial charge on any atom is 0.309 e. The second-order valence-corrected chi connectivity index (χ2v) is 7.48. The molecular weight excluding hydrogens is 268 g/mol. The topological polar surface area (TPSA) is 77.9 Å². The average molecular weight is 292 g/mol. The molecular formula is C12H24N2O4S. The molecule has 1 heterocycles. The lowest BCUT2D eigenvalue weighted by Crippen LogP contribution is -2.49. The van der Waals surface area contributed by atoms with E-state index in [2.05, 4.69) is 0 Å². The van der Waals surface area contributed by atoms with Gasteiger partial charge in [-0.25, -0.2) is 0 Å². The molecule has 6 nitrogen and oxygen atoms in total. The Hall–Kier alpha value is -0.660. The molecule has 0 bridgehead atoms. The molecule has 0 saturated carbocycles. The van der Waals surface area contributed by atoms with E-state index < -0.39 is 21.6 Å². The Morgan fingerprint density at radius 2 is 1.89 bits per heavy atom. The van der Waals surface area contributed by atoms with Gasteiger partial charge in [0.25, 0.3) is 10.2 Å². The fourth-order valence-corrected chi connectivity index (χ4v) is 3.52. The fourth-order valence-electron chi connectivity index (χ4n) is 2.12. The van der Waals surface area contributed by atoms with Crippen molar-refractivity contribution in [3.8, 4) is 0 Å². The summed E-state index contributed by atoms with van der Waals surface area (Å²) in [4.78, 5) is 11.1. The molecule has 1 fully saturated rings. The summed E-state index contributed by atoms with van der Waals surface area (Å²) >= 11 is 0. The summed E-state index contributed by atoms with van der Waals surface area (Å²) in [5, 5.41) is 9.13. The van der Waals surface area contributed by atoms with Crippen LogP contribution in [0.5, 0.6) is 0 Å². The molecule has 1 aliphatic heterocycles. The first kappa shape index (κ1) is 16.4. The number of carbonyl (C=O) groups is 1. The molecule has 112 valence electrons. The van der Waals surface area contributed by atoms with Crippen molar-refractivity contribution in [2.24, 2.45) is 5.41 Å². The van der Waals surface area contributed by atoms with Crippen LogP contribution in [0.2, 0.25) is 0 Å². The van der Waals surface area contributed by atoms with Crippen LogP contribution in [0.15, 0.2) is 0 Å². The second-order valence-electron chi connectivity index (χ2n) is 5.45. The van der Waals surface area contributed by atoms with Gasteiger partial charge in [0, 0.05) is 26.7 Å². The second kappa shape index (κ2) is 6.19. The summed E-state index contributed by atoms with van der Waals surface area (Å²) in [5.41, 5.74) is -0.798. The molecule has 0 unspecified atom stereocenters. The van der Waals surface area contributed by atoms with Crippen molar-refractivity contribution in [1.82, 2.24) is 8.61 Å². The Bertz CT molecular complexity index is 413. The molecule has 1 rings (SSSR count). The number of aliphatic carboxylic acids is 1. The first-order chi connectivity index (χ1) is 8.74. The van der Waals surface area contributed by atoms with Gasteiger partial charge in [-0.2, -0.15) is 17.0 Å². The highest BCUT2D eigenvalue weighted by Crippen LogP contribution is 2.32. The number of rotatable bonds is 6. The SMILES string of the molecule is CCCCN(C)S(=O)(=O)N1CCC(C)(C(=O)O)CC1. The number of piperidine rings is 1. The number of nitrogens with zero attached hydrogens (tertiary/aromatic N) is 2. The van der Waals surface area contributed by atoms with E-state index in [1.807, 2.05) is 6.92 Å². The summed E-state index contributed by atoms with van der Waals surface area (Å²) in [6, 6.07) is 0. The Morgan fingerprint density at radius 1 is 1.37 bits per heavy atom. The van der Waals surface area contributed by atoms with Gasteiger partial charge in [0.05, 0.1) is 5.41 Å². The molecule has 1 aliphatic rings. The molecule has 19 heavy (non-hydrogen) atoms. The highest BCUT2D eigenvalue weighted by atomic mass is 32.2. The fraction of sp³-hybridized carbons (Fsp3) is 0.917. The summed E-state index contributed by atoms with van der Waals surface area (Å²) in [7, 11) is -1.86. The van der Waals surface area contributed by atoms with E-state index in [0.29, 0.717) is 19.4 Å². The van der Waals surface area contributed by atoms with Crippen molar-refractivity contribution < 1.29 is 18.3 Å². The van der Waals surface area contributed by atoms with Crippen LogP contribution < -0.4 is 0 Å². The summed E-state index contributed by atoms with van der Waals surface area (Å²) < 4.78 is 27.3. The highest BCUT2D eigenvalue weighted by Gasteiger charge is 2.40. The highest BCUT2D eigenvalue weighted by molar-refractivity contribution is 7.86. The average Bonchev–Trinajstić information content (AvgIpc) is 2.36. The number of hydrogen-bond acceptors (Lipinski definition) is 3. The number of carboxylic acids is 1. The van der Waals surface area contributed by atoms with Crippen molar-refractivity contribution in [2.45, 2.75) is 39.5 Å². The van der Waals surface area contributed by atoms with E-state index >= 15 is 0 Å². The maximum absolute atomic E-state index is 12.3. The molecule has 1 N–H and O–H groups in total. The lowest BCUT2D eigenvalue weighted by molar-refractivity contribution is -0.150. The van der Waals surface area contributed by atoms with Crippen LogP contribution in [0.25, 0.3) is 0 Å². The molecule has 7 heteroatoms. The lowest BCUT2D eigenvalue weighted by atomic mass is 9.81. The standard InChI is InChI=1S/C12H24N2O4S/c1-4-5-8-13(3)19(17,18)14-9-6-12(2,7-10-14)11(15)16/h4-10H2,1-3H3,(H,15,16). The maximum atomic E-state index is 12.3. The van der Waals surface area contributed by atoms with E-state index in [0.717, 1.165) is 12.8 Å². The number of hydrogen-bond donors (Lipinski definition) is 1. The minimum absolute atomic E-state index is 0.279. The number of carboxylic acid groups (broad SMARTS) is 1. The summed E-state index contributed by atoms with van der Waals surface area (Å²) in [5.74, 6) is -0.844. The van der Waals surface area contributed by atoms with Crippen molar-refractivity contribution in [2.75, 3.05) is 26.7 Å². The van der Waals surface area contributed by atoms with Crippen molar-refractivity contribution >= 4 is 16.2 Å². The van der Waals surface area contributed by atoms with Crippen LogP contribution in [-0.2, 0) is 15.0 Å². The zero-order valence-electron chi connectivity index (χ0n) is 11.9. The minimum Gasteiger partial charge on any atom is -0.481 e. The van der Waals surface area contributed by atoms with Gasteiger partial charge in [-0.15, -0.1) is 0 Å². The van der Waals surface area contributed by atoms with Gasteiger partial charge in [0.15, 0.2) is 0 Å². The smallest absolute Gasteiger partial charge is 0.309 e. The molecule has 0 aromatic carbocycles. The first-order valence-corrected chi connectivity index (χ1v) is 8.08. The molecule has 0 amide bonds. The Balaban J connectivity index is 2.66. The zero-order chi connectivity index (χ0) is 14.7. The van der Waals surface area contributed by atoms with Crippen LogP contribution in [0, 0.1) is 5.41 Å². The normalized spacial score (nSPS) is 20.6. The van der Waals surface area contributed by atoms with Crippen LogP contribution in [0.4, 0.5) is 0 Å². The van der Waals surface area contributed by atoms with Crippen LogP contribution >= 0.6 is 0 Å². The molecule has 1 saturated heterocycles. The lowest BCUT2D eigenvalue weighted by Gasteiger charge is -2.37. The third kappa shape index (κ3) is 3.67. The molecule has 0 atom stereocenters. The van der Waals surface area contributed by atoms with Crippen molar-refractivity contribution in [3.63, 3.8) is 0 Å². The molecule has 0 spiro atoms. The van der Waals surface area contributed by atoms with Gasteiger partial charge in [0.1, 0.15) is 0 Å². The van der Waals surface area contributed by atoms with E-state index in [9.17, 15) is 13.2 Å². The molecule has 0 radical (unpaired) electrons. The van der Waals surface area contributed by atoms with Crippen molar-refractivity contribution in [1.29, 1.82) is 0 Å².